The first-order valence-electron chi connectivity index (χ1n) is 14.8. The van der Waals surface area contributed by atoms with Crippen molar-refractivity contribution in [2.45, 2.75) is 30.4 Å². The first-order valence-corrected chi connectivity index (χ1v) is 16.3. The van der Waals surface area contributed by atoms with Gasteiger partial charge in [-0.15, -0.1) is 0 Å². The lowest BCUT2D eigenvalue weighted by Crippen LogP contribution is -2.33. The van der Waals surface area contributed by atoms with Crippen molar-refractivity contribution in [1.29, 1.82) is 0 Å². The van der Waals surface area contributed by atoms with Crippen LogP contribution in [0.3, 0.4) is 0 Å². The van der Waals surface area contributed by atoms with E-state index in [9.17, 15) is 13.2 Å². The van der Waals surface area contributed by atoms with Crippen molar-refractivity contribution in [3.63, 3.8) is 0 Å². The number of nitrogens with zero attached hydrogens (tertiary/aromatic N) is 1. The van der Waals surface area contributed by atoms with Crippen LogP contribution in [0.25, 0.3) is 0 Å². The van der Waals surface area contributed by atoms with Gasteiger partial charge >= 0.3 is 0 Å². The number of carbonyl (C=O) groups excluding carboxylic acids is 1. The highest BCUT2D eigenvalue weighted by atomic mass is 32.2. The smallest absolute Gasteiger partial charge is 0.264 e. The second-order valence-electron chi connectivity index (χ2n) is 11.0. The molecule has 0 bridgehead atoms. The Kier molecular flexibility index (Phi) is 8.68. The van der Waals surface area contributed by atoms with Crippen molar-refractivity contribution in [3.8, 4) is 17.2 Å². The third kappa shape index (κ3) is 5.89. The molecule has 5 aromatic carbocycles. The van der Waals surface area contributed by atoms with Gasteiger partial charge in [0.1, 0.15) is 12.4 Å². The van der Waals surface area contributed by atoms with Crippen LogP contribution in [0, 0.1) is 0 Å². The maximum absolute atomic E-state index is 14.5. The van der Waals surface area contributed by atoms with E-state index in [-0.39, 0.29) is 23.3 Å². The molecule has 0 aromatic heterocycles. The number of carbonyl (C=O) groups is 1. The summed E-state index contributed by atoms with van der Waals surface area (Å²) in [7, 11) is -0.960. The van der Waals surface area contributed by atoms with Crippen LogP contribution in [-0.4, -0.2) is 28.5 Å². The number of sulfonamides is 1. The number of rotatable bonds is 10. The van der Waals surface area contributed by atoms with Crippen LogP contribution >= 0.6 is 0 Å². The molecular formula is C37H34N2O6S. The maximum atomic E-state index is 14.5. The van der Waals surface area contributed by atoms with Gasteiger partial charge in [0.25, 0.3) is 15.9 Å². The van der Waals surface area contributed by atoms with E-state index in [0.717, 1.165) is 16.7 Å². The lowest BCUT2D eigenvalue weighted by Gasteiger charge is -2.30. The molecular weight excluding hydrogens is 600 g/mol. The molecule has 0 spiro atoms. The summed E-state index contributed by atoms with van der Waals surface area (Å²) in [6.07, 6.45) is 0. The fraction of sp³-hybridized carbons (Fsp3) is 0.162. The molecule has 1 amide bonds. The quantitative estimate of drug-likeness (QED) is 0.170. The van der Waals surface area contributed by atoms with Crippen LogP contribution in [0.2, 0.25) is 0 Å². The topological polar surface area (TPSA) is 94.2 Å². The zero-order valence-corrected chi connectivity index (χ0v) is 26.5. The van der Waals surface area contributed by atoms with Crippen LogP contribution in [0.1, 0.15) is 45.9 Å². The zero-order chi connectivity index (χ0) is 32.3. The summed E-state index contributed by atoms with van der Waals surface area (Å²) in [6.45, 7) is 2.20. The second-order valence-corrected chi connectivity index (χ2v) is 12.8. The molecule has 0 fully saturated rings. The number of fused-ring (bicyclic) bond motifs is 1. The molecule has 6 rings (SSSR count). The van der Waals surface area contributed by atoms with Crippen molar-refractivity contribution in [2.75, 3.05) is 23.8 Å². The Morgan fingerprint density at radius 3 is 2.04 bits per heavy atom. The summed E-state index contributed by atoms with van der Waals surface area (Å²) < 4.78 is 47.8. The zero-order valence-electron chi connectivity index (χ0n) is 25.7. The highest BCUT2D eigenvalue weighted by molar-refractivity contribution is 7.92. The van der Waals surface area contributed by atoms with Gasteiger partial charge in [-0.3, -0.25) is 9.10 Å². The molecule has 5 aromatic rings. The standard InChI is InChI=1S/C37H34N2O6S/c1-25-30-22-31(38-37(40)27-15-9-5-10-16-27)34(45-24-26-13-7-4-8-14-26)23-32(30)39(46(41,42)29-17-11-6-12-18-29)36(25)28-19-20-33(43-2)35(21-28)44-3/h4-23,25,36H,24H2,1-3H3,(H,38,40). The van der Waals surface area contributed by atoms with Crippen molar-refractivity contribution < 1.29 is 27.4 Å². The van der Waals surface area contributed by atoms with E-state index >= 15 is 0 Å². The van der Waals surface area contributed by atoms with E-state index in [1.54, 1.807) is 80.9 Å². The highest BCUT2D eigenvalue weighted by Crippen LogP contribution is 2.54. The molecule has 0 aliphatic carbocycles. The number of hydrogen-bond acceptors (Lipinski definition) is 6. The number of amides is 1. The Hall–Kier alpha value is -5.28. The summed E-state index contributed by atoms with van der Waals surface area (Å²) in [5, 5.41) is 3.02. The molecule has 8 nitrogen and oxygen atoms in total. The molecule has 1 aliphatic heterocycles. The average molecular weight is 635 g/mol. The number of benzene rings is 5. The summed E-state index contributed by atoms with van der Waals surface area (Å²) in [5.74, 6) is 0.751. The minimum atomic E-state index is -4.06. The van der Waals surface area contributed by atoms with Gasteiger partial charge in [-0.1, -0.05) is 79.7 Å². The third-order valence-corrected chi connectivity index (χ3v) is 9.96. The van der Waals surface area contributed by atoms with Crippen molar-refractivity contribution in [3.05, 3.63) is 144 Å². The molecule has 1 N–H and O–H groups in total. The fourth-order valence-corrected chi connectivity index (χ4v) is 7.60. The van der Waals surface area contributed by atoms with Gasteiger partial charge in [-0.25, -0.2) is 8.42 Å². The summed E-state index contributed by atoms with van der Waals surface area (Å²) >= 11 is 0. The molecule has 234 valence electrons. The highest BCUT2D eigenvalue weighted by Gasteiger charge is 2.45. The van der Waals surface area contributed by atoms with Crippen LogP contribution in [0.15, 0.2) is 126 Å². The first kappa shape index (κ1) is 30.7. The second kappa shape index (κ2) is 13.0. The maximum Gasteiger partial charge on any atom is 0.264 e. The molecule has 2 unspecified atom stereocenters. The van der Waals surface area contributed by atoms with Gasteiger partial charge in [-0.2, -0.15) is 0 Å². The van der Waals surface area contributed by atoms with Crippen LogP contribution < -0.4 is 23.8 Å². The van der Waals surface area contributed by atoms with Gasteiger partial charge in [0.05, 0.1) is 36.5 Å². The SMILES string of the molecule is COc1ccc(C2C(C)c3cc(NC(=O)c4ccccc4)c(OCc4ccccc4)cc3N2S(=O)(=O)c2ccccc2)cc1OC. The van der Waals surface area contributed by atoms with Gasteiger partial charge in [0, 0.05) is 17.5 Å². The minimum absolute atomic E-state index is 0.161. The van der Waals surface area contributed by atoms with Gasteiger partial charge in [0.2, 0.25) is 0 Å². The summed E-state index contributed by atoms with van der Waals surface area (Å²) in [6, 6.07) is 35.3. The fourth-order valence-electron chi connectivity index (χ4n) is 5.85. The Morgan fingerprint density at radius 2 is 1.39 bits per heavy atom. The number of nitrogens with one attached hydrogen (secondary N) is 1. The molecule has 2 atom stereocenters. The van der Waals surface area contributed by atoms with Crippen molar-refractivity contribution >= 4 is 27.3 Å². The molecule has 46 heavy (non-hydrogen) atoms. The van der Waals surface area contributed by atoms with E-state index < -0.39 is 16.1 Å². The largest absolute Gasteiger partial charge is 0.493 e. The Morgan fingerprint density at radius 1 is 0.761 bits per heavy atom. The van der Waals surface area contributed by atoms with E-state index in [0.29, 0.717) is 34.2 Å². The molecule has 0 saturated heterocycles. The van der Waals surface area contributed by atoms with Crippen LogP contribution in [0.4, 0.5) is 11.4 Å². The lowest BCUT2D eigenvalue weighted by molar-refractivity contribution is 0.102. The Bertz CT molecular complexity index is 1950. The van der Waals surface area contributed by atoms with E-state index in [4.69, 9.17) is 14.2 Å². The molecule has 0 radical (unpaired) electrons. The Labute approximate surface area is 269 Å². The predicted molar refractivity (Wildman–Crippen MR) is 178 cm³/mol. The van der Waals surface area contributed by atoms with Gasteiger partial charge < -0.3 is 19.5 Å². The summed E-state index contributed by atoms with van der Waals surface area (Å²) in [5.41, 5.74) is 3.80. The van der Waals surface area contributed by atoms with Gasteiger partial charge in [-0.05, 0) is 59.2 Å². The number of ether oxygens (including phenoxy) is 3. The Balaban J connectivity index is 1.51. The minimum Gasteiger partial charge on any atom is -0.493 e. The number of hydrogen-bond donors (Lipinski definition) is 1. The third-order valence-electron chi connectivity index (χ3n) is 8.15. The number of methoxy groups -OCH3 is 2. The normalized spacial score (nSPS) is 15.6. The first-order chi connectivity index (χ1) is 22.3. The molecule has 9 heteroatoms. The predicted octanol–water partition coefficient (Wildman–Crippen LogP) is 7.59. The van der Waals surface area contributed by atoms with Crippen molar-refractivity contribution in [2.24, 2.45) is 0 Å². The van der Waals surface area contributed by atoms with Crippen LogP contribution in [-0.2, 0) is 16.6 Å². The van der Waals surface area contributed by atoms with Crippen molar-refractivity contribution in [1.82, 2.24) is 0 Å². The van der Waals surface area contributed by atoms with Gasteiger partial charge in [0.15, 0.2) is 11.5 Å². The molecule has 0 saturated carbocycles. The summed E-state index contributed by atoms with van der Waals surface area (Å²) in [4.78, 5) is 13.5. The van der Waals surface area contributed by atoms with E-state index in [2.05, 4.69) is 5.32 Å². The van der Waals surface area contributed by atoms with E-state index in [1.165, 1.54) is 4.31 Å². The number of anilines is 2. The lowest BCUT2D eigenvalue weighted by atomic mass is 9.91. The molecule has 1 heterocycles. The van der Waals surface area contributed by atoms with E-state index in [1.807, 2.05) is 61.5 Å². The average Bonchev–Trinajstić information content (AvgIpc) is 3.39. The van der Waals surface area contributed by atoms with Crippen LogP contribution in [0.5, 0.6) is 17.2 Å². The monoisotopic (exact) mass is 634 g/mol. The molecule has 1 aliphatic rings.